The van der Waals surface area contributed by atoms with Gasteiger partial charge in [-0.25, -0.2) is 9.97 Å². The Hall–Kier alpha value is -3.65. The Morgan fingerprint density at radius 1 is 1.07 bits per heavy atom. The second kappa shape index (κ2) is 6.93. The first kappa shape index (κ1) is 16.8. The summed E-state index contributed by atoms with van der Waals surface area (Å²) >= 11 is 1.22. The Labute approximate surface area is 157 Å². The van der Waals surface area contributed by atoms with E-state index < -0.39 is 5.91 Å². The van der Waals surface area contributed by atoms with Gasteiger partial charge in [0.05, 0.1) is 16.1 Å². The maximum atomic E-state index is 12.3. The van der Waals surface area contributed by atoms with Crippen LogP contribution in [0.1, 0.15) is 20.0 Å². The summed E-state index contributed by atoms with van der Waals surface area (Å²) < 4.78 is 0. The smallest absolute Gasteiger partial charge is 0.258 e. The molecular weight excluding hydrogens is 362 g/mol. The molecule has 7 nitrogen and oxygen atoms in total. The van der Waals surface area contributed by atoms with Crippen LogP contribution < -0.4 is 11.1 Å². The number of nitrogens with two attached hydrogens (primary N) is 1. The van der Waals surface area contributed by atoms with Gasteiger partial charge < -0.3 is 11.1 Å². The van der Waals surface area contributed by atoms with Crippen LogP contribution in [0.3, 0.4) is 0 Å². The lowest BCUT2D eigenvalue weighted by Gasteiger charge is -2.08. The number of hydrogen-bond donors (Lipinski definition) is 2. The molecule has 8 heteroatoms. The second-order valence-electron chi connectivity index (χ2n) is 5.69. The van der Waals surface area contributed by atoms with Gasteiger partial charge in [0.15, 0.2) is 0 Å². The number of amides is 2. The van der Waals surface area contributed by atoms with Gasteiger partial charge in [-0.05, 0) is 30.3 Å². The predicted octanol–water partition coefficient (Wildman–Crippen LogP) is 3.10. The minimum absolute atomic E-state index is 0.250. The maximum absolute atomic E-state index is 12.3. The fourth-order valence-electron chi connectivity index (χ4n) is 2.65. The third kappa shape index (κ3) is 3.38. The lowest BCUT2D eigenvalue weighted by molar-refractivity contribution is 0.100. The number of thiophene rings is 1. The number of nitrogens with zero attached hydrogens (tertiary/aromatic N) is 3. The Bertz CT molecular complexity index is 1160. The number of rotatable bonds is 4. The van der Waals surface area contributed by atoms with Gasteiger partial charge in [0, 0.05) is 29.0 Å². The third-order valence-electron chi connectivity index (χ3n) is 3.89. The molecule has 3 N–H and O–H groups in total. The van der Waals surface area contributed by atoms with Crippen molar-refractivity contribution in [3.05, 3.63) is 71.6 Å². The van der Waals surface area contributed by atoms with Gasteiger partial charge in [-0.3, -0.25) is 14.6 Å². The Morgan fingerprint density at radius 3 is 2.74 bits per heavy atom. The van der Waals surface area contributed by atoms with Crippen molar-refractivity contribution < 1.29 is 9.59 Å². The van der Waals surface area contributed by atoms with E-state index in [9.17, 15) is 9.59 Å². The van der Waals surface area contributed by atoms with Gasteiger partial charge in [-0.15, -0.1) is 11.3 Å². The van der Waals surface area contributed by atoms with Gasteiger partial charge in [-0.2, -0.15) is 0 Å². The highest BCUT2D eigenvalue weighted by Gasteiger charge is 2.14. The molecule has 0 fully saturated rings. The number of benzene rings is 1. The van der Waals surface area contributed by atoms with E-state index in [1.807, 2.05) is 18.2 Å². The average molecular weight is 375 g/mol. The molecule has 132 valence electrons. The van der Waals surface area contributed by atoms with E-state index in [-0.39, 0.29) is 5.91 Å². The summed E-state index contributed by atoms with van der Waals surface area (Å²) in [6, 6.07) is 12.4. The number of anilines is 1. The van der Waals surface area contributed by atoms with E-state index in [4.69, 9.17) is 5.73 Å². The lowest BCUT2D eigenvalue weighted by atomic mass is 10.1. The van der Waals surface area contributed by atoms with Crippen LogP contribution in [0.4, 0.5) is 5.69 Å². The molecule has 0 bridgehead atoms. The second-order valence-corrected chi connectivity index (χ2v) is 6.72. The van der Waals surface area contributed by atoms with Gasteiger partial charge in [0.1, 0.15) is 11.2 Å². The first-order chi connectivity index (χ1) is 13.1. The molecule has 0 aliphatic rings. The normalized spacial score (nSPS) is 10.7. The van der Waals surface area contributed by atoms with Crippen molar-refractivity contribution in [3.63, 3.8) is 0 Å². The Morgan fingerprint density at radius 2 is 1.96 bits per heavy atom. The fourth-order valence-corrected chi connectivity index (χ4v) is 3.50. The standard InChI is InChI=1S/C19H13N5O2S/c20-17(25)15-8-14-16(22-10-23-19(14)27-15)11-3-1-5-13(7-11)24-18(26)12-4-2-6-21-9-12/h1-10H,(H2,20,25)(H,24,26). The van der Waals surface area contributed by atoms with Crippen LogP contribution >= 0.6 is 11.3 Å². The maximum Gasteiger partial charge on any atom is 0.258 e. The number of carbonyl (C=O) groups is 2. The van der Waals surface area contributed by atoms with E-state index >= 15 is 0 Å². The number of hydrogen-bond acceptors (Lipinski definition) is 6. The van der Waals surface area contributed by atoms with E-state index in [1.54, 1.807) is 30.5 Å². The van der Waals surface area contributed by atoms with Crippen molar-refractivity contribution in [2.75, 3.05) is 5.32 Å². The highest BCUT2D eigenvalue weighted by Crippen LogP contribution is 2.32. The lowest BCUT2D eigenvalue weighted by Crippen LogP contribution is -2.11. The van der Waals surface area contributed by atoms with Gasteiger partial charge in [0.25, 0.3) is 11.8 Å². The predicted molar refractivity (Wildman–Crippen MR) is 104 cm³/mol. The zero-order valence-electron chi connectivity index (χ0n) is 13.9. The topological polar surface area (TPSA) is 111 Å². The van der Waals surface area contributed by atoms with Gasteiger partial charge in [0.2, 0.25) is 0 Å². The molecule has 0 spiro atoms. The first-order valence-electron chi connectivity index (χ1n) is 7.98. The molecule has 0 radical (unpaired) electrons. The molecule has 3 aromatic heterocycles. The van der Waals surface area contributed by atoms with Crippen LogP contribution in [0.15, 0.2) is 61.2 Å². The number of aromatic nitrogens is 3. The summed E-state index contributed by atoms with van der Waals surface area (Å²) in [6.07, 6.45) is 4.56. The fraction of sp³-hybridized carbons (Fsp3) is 0. The molecular formula is C19H13N5O2S. The monoisotopic (exact) mass is 375 g/mol. The summed E-state index contributed by atoms with van der Waals surface area (Å²) in [5.41, 5.74) is 7.92. The van der Waals surface area contributed by atoms with Crippen LogP contribution in [-0.4, -0.2) is 26.8 Å². The van der Waals surface area contributed by atoms with Crippen LogP contribution in [0, 0.1) is 0 Å². The first-order valence-corrected chi connectivity index (χ1v) is 8.79. The number of pyridine rings is 1. The summed E-state index contributed by atoms with van der Waals surface area (Å²) in [5.74, 6) is -0.749. The third-order valence-corrected chi connectivity index (χ3v) is 4.95. The quantitative estimate of drug-likeness (QED) is 0.569. The van der Waals surface area contributed by atoms with E-state index in [1.165, 1.54) is 23.9 Å². The molecule has 0 unspecified atom stereocenters. The number of primary amides is 1. The molecule has 0 aliphatic heterocycles. The van der Waals surface area contributed by atoms with Crippen LogP contribution in [-0.2, 0) is 0 Å². The average Bonchev–Trinajstić information content (AvgIpc) is 3.13. The van der Waals surface area contributed by atoms with Crippen molar-refractivity contribution in [2.24, 2.45) is 5.73 Å². The van der Waals surface area contributed by atoms with Gasteiger partial charge >= 0.3 is 0 Å². The molecule has 27 heavy (non-hydrogen) atoms. The number of nitrogens with one attached hydrogen (secondary N) is 1. The molecule has 4 aromatic rings. The summed E-state index contributed by atoms with van der Waals surface area (Å²) in [7, 11) is 0. The highest BCUT2D eigenvalue weighted by atomic mass is 32.1. The summed E-state index contributed by atoms with van der Waals surface area (Å²) in [5, 5.41) is 3.59. The summed E-state index contributed by atoms with van der Waals surface area (Å²) in [6.45, 7) is 0. The molecule has 0 aliphatic carbocycles. The molecule has 1 aromatic carbocycles. The van der Waals surface area contributed by atoms with Crippen molar-refractivity contribution in [2.45, 2.75) is 0 Å². The molecule has 0 saturated heterocycles. The van der Waals surface area contributed by atoms with E-state index in [0.717, 1.165) is 10.9 Å². The van der Waals surface area contributed by atoms with Crippen molar-refractivity contribution >= 4 is 39.1 Å². The SMILES string of the molecule is NC(=O)c1cc2c(-c3cccc(NC(=O)c4cccnc4)c3)ncnc2s1. The minimum atomic E-state index is -0.499. The molecule has 4 rings (SSSR count). The molecule has 0 saturated carbocycles. The Kier molecular flexibility index (Phi) is 4.31. The van der Waals surface area contributed by atoms with Crippen molar-refractivity contribution in [3.8, 4) is 11.3 Å². The molecule has 3 heterocycles. The number of carbonyl (C=O) groups excluding carboxylic acids is 2. The van der Waals surface area contributed by atoms with Crippen molar-refractivity contribution in [1.29, 1.82) is 0 Å². The van der Waals surface area contributed by atoms with Crippen LogP contribution in [0.2, 0.25) is 0 Å². The van der Waals surface area contributed by atoms with E-state index in [0.29, 0.717) is 26.7 Å². The molecule has 2 amide bonds. The zero-order chi connectivity index (χ0) is 18.8. The zero-order valence-corrected chi connectivity index (χ0v) is 14.7. The summed E-state index contributed by atoms with van der Waals surface area (Å²) in [4.78, 5) is 37.4. The Balaban J connectivity index is 1.70. The highest BCUT2D eigenvalue weighted by molar-refractivity contribution is 7.20. The van der Waals surface area contributed by atoms with Gasteiger partial charge in [-0.1, -0.05) is 12.1 Å². The van der Waals surface area contributed by atoms with Crippen LogP contribution in [0.25, 0.3) is 21.5 Å². The van der Waals surface area contributed by atoms with Crippen LogP contribution in [0.5, 0.6) is 0 Å². The van der Waals surface area contributed by atoms with E-state index in [2.05, 4.69) is 20.3 Å². The molecule has 0 atom stereocenters. The van der Waals surface area contributed by atoms with Crippen molar-refractivity contribution in [1.82, 2.24) is 15.0 Å². The number of fused-ring (bicyclic) bond motifs is 1. The minimum Gasteiger partial charge on any atom is -0.365 e. The largest absolute Gasteiger partial charge is 0.365 e.